The molecular weight excluding hydrogens is 281 g/mol. The van der Waals surface area contributed by atoms with Crippen molar-refractivity contribution in [3.8, 4) is 5.75 Å². The Kier molecular flexibility index (Phi) is 5.81. The smallest absolute Gasteiger partial charge is 0.222 e. The molecule has 0 radical (unpaired) electrons. The molecule has 0 heterocycles. The number of rotatable bonds is 5. The van der Waals surface area contributed by atoms with Gasteiger partial charge >= 0.3 is 0 Å². The van der Waals surface area contributed by atoms with Crippen LogP contribution in [0, 0.1) is 11.7 Å². The standard InChI is InChI=1S/C18H26FNO2/c1-13-4-8-15(9-5-13)20(2)18(21)11-7-14-6-10-17(22-3)16(19)12-14/h6,10,12-13,15H,4-5,7-9,11H2,1-3H3. The number of methoxy groups -OCH3 is 1. The van der Waals surface area contributed by atoms with E-state index >= 15 is 0 Å². The minimum atomic E-state index is -0.373. The molecule has 0 atom stereocenters. The number of nitrogens with zero attached hydrogens (tertiary/aromatic N) is 1. The van der Waals surface area contributed by atoms with E-state index in [0.29, 0.717) is 18.9 Å². The Hall–Kier alpha value is -1.58. The summed E-state index contributed by atoms with van der Waals surface area (Å²) in [6.45, 7) is 2.27. The fourth-order valence-electron chi connectivity index (χ4n) is 3.13. The maximum absolute atomic E-state index is 13.6. The van der Waals surface area contributed by atoms with Gasteiger partial charge in [0.1, 0.15) is 0 Å². The van der Waals surface area contributed by atoms with E-state index in [4.69, 9.17) is 4.74 Å². The third-order valence-corrected chi connectivity index (χ3v) is 4.77. The van der Waals surface area contributed by atoms with Crippen LogP contribution >= 0.6 is 0 Å². The summed E-state index contributed by atoms with van der Waals surface area (Å²) in [6.07, 6.45) is 5.58. The number of benzene rings is 1. The van der Waals surface area contributed by atoms with Gasteiger partial charge in [-0.15, -0.1) is 0 Å². The Balaban J connectivity index is 1.85. The van der Waals surface area contributed by atoms with Gasteiger partial charge < -0.3 is 9.64 Å². The van der Waals surface area contributed by atoms with Crippen molar-refractivity contribution in [1.29, 1.82) is 0 Å². The first-order valence-electron chi connectivity index (χ1n) is 8.09. The van der Waals surface area contributed by atoms with Crippen LogP contribution in [0.5, 0.6) is 5.75 Å². The summed E-state index contributed by atoms with van der Waals surface area (Å²) < 4.78 is 18.5. The van der Waals surface area contributed by atoms with E-state index < -0.39 is 0 Å². The average Bonchev–Trinajstić information content (AvgIpc) is 2.52. The van der Waals surface area contributed by atoms with Gasteiger partial charge in [-0.1, -0.05) is 13.0 Å². The van der Waals surface area contributed by atoms with Gasteiger partial charge in [-0.3, -0.25) is 4.79 Å². The zero-order chi connectivity index (χ0) is 16.1. The van der Waals surface area contributed by atoms with Crippen molar-refractivity contribution in [2.45, 2.75) is 51.5 Å². The molecule has 2 rings (SSSR count). The molecule has 1 aliphatic rings. The van der Waals surface area contributed by atoms with Crippen LogP contribution in [0.4, 0.5) is 4.39 Å². The van der Waals surface area contributed by atoms with Crippen molar-refractivity contribution in [1.82, 2.24) is 4.90 Å². The predicted molar refractivity (Wildman–Crippen MR) is 85.5 cm³/mol. The van der Waals surface area contributed by atoms with Crippen LogP contribution in [0.1, 0.15) is 44.6 Å². The quantitative estimate of drug-likeness (QED) is 0.828. The Morgan fingerprint density at radius 3 is 2.59 bits per heavy atom. The van der Waals surface area contributed by atoms with Crippen LogP contribution in [-0.2, 0) is 11.2 Å². The maximum Gasteiger partial charge on any atom is 0.222 e. The average molecular weight is 307 g/mol. The summed E-state index contributed by atoms with van der Waals surface area (Å²) in [5.74, 6) is 0.795. The van der Waals surface area contributed by atoms with E-state index in [9.17, 15) is 9.18 Å². The molecule has 0 N–H and O–H groups in total. The highest BCUT2D eigenvalue weighted by atomic mass is 19.1. The summed E-state index contributed by atoms with van der Waals surface area (Å²) in [7, 11) is 3.35. The first-order valence-corrected chi connectivity index (χ1v) is 8.09. The summed E-state index contributed by atoms with van der Waals surface area (Å²) in [5, 5.41) is 0. The molecule has 1 amide bonds. The number of ether oxygens (including phenoxy) is 1. The fourth-order valence-corrected chi connectivity index (χ4v) is 3.13. The fraction of sp³-hybridized carbons (Fsp3) is 0.611. The predicted octanol–water partition coefficient (Wildman–Crippen LogP) is 3.80. The van der Waals surface area contributed by atoms with Crippen molar-refractivity contribution in [2.24, 2.45) is 5.92 Å². The molecule has 0 aromatic heterocycles. The molecule has 22 heavy (non-hydrogen) atoms. The summed E-state index contributed by atoms with van der Waals surface area (Å²) in [5.41, 5.74) is 0.831. The third kappa shape index (κ3) is 4.21. The van der Waals surface area contributed by atoms with Crippen LogP contribution < -0.4 is 4.74 Å². The first kappa shape index (κ1) is 16.8. The number of hydrogen-bond acceptors (Lipinski definition) is 2. The number of carbonyl (C=O) groups is 1. The highest BCUT2D eigenvalue weighted by Gasteiger charge is 2.24. The lowest BCUT2D eigenvalue weighted by Crippen LogP contribution is -2.39. The summed E-state index contributed by atoms with van der Waals surface area (Å²) in [4.78, 5) is 14.2. The van der Waals surface area contributed by atoms with Gasteiger partial charge in [0.05, 0.1) is 7.11 Å². The molecule has 122 valence electrons. The molecular formula is C18H26FNO2. The minimum absolute atomic E-state index is 0.149. The zero-order valence-corrected chi connectivity index (χ0v) is 13.8. The van der Waals surface area contributed by atoms with Crippen molar-refractivity contribution in [3.63, 3.8) is 0 Å². The second-order valence-corrected chi connectivity index (χ2v) is 6.39. The van der Waals surface area contributed by atoms with Crippen LogP contribution in [0.15, 0.2) is 18.2 Å². The van der Waals surface area contributed by atoms with E-state index in [1.165, 1.54) is 26.0 Å². The van der Waals surface area contributed by atoms with Gasteiger partial charge in [-0.2, -0.15) is 0 Å². The Bertz CT molecular complexity index is 510. The van der Waals surface area contributed by atoms with Gasteiger partial charge in [0.25, 0.3) is 0 Å². The number of halogens is 1. The first-order chi connectivity index (χ1) is 10.5. The Morgan fingerprint density at radius 1 is 1.32 bits per heavy atom. The molecule has 4 heteroatoms. The van der Waals surface area contributed by atoms with Gasteiger partial charge in [-0.25, -0.2) is 4.39 Å². The molecule has 1 fully saturated rings. The Labute approximate surface area is 132 Å². The van der Waals surface area contributed by atoms with Gasteiger partial charge in [0.2, 0.25) is 5.91 Å². The van der Waals surface area contributed by atoms with Gasteiger partial charge in [-0.05, 0) is 55.7 Å². The lowest BCUT2D eigenvalue weighted by atomic mass is 9.86. The second kappa shape index (κ2) is 7.61. The molecule has 3 nitrogen and oxygen atoms in total. The van der Waals surface area contributed by atoms with Gasteiger partial charge in [0, 0.05) is 19.5 Å². The summed E-state index contributed by atoms with van der Waals surface area (Å²) >= 11 is 0. The molecule has 1 aromatic carbocycles. The van der Waals surface area contributed by atoms with Crippen LogP contribution in [0.3, 0.4) is 0 Å². The molecule has 0 aliphatic heterocycles. The van der Waals surface area contributed by atoms with Crippen LogP contribution in [0.2, 0.25) is 0 Å². The molecule has 0 unspecified atom stereocenters. The molecule has 1 aliphatic carbocycles. The number of carbonyl (C=O) groups excluding carboxylic acids is 1. The molecule has 0 saturated heterocycles. The van der Waals surface area contributed by atoms with E-state index in [0.717, 1.165) is 24.3 Å². The zero-order valence-electron chi connectivity index (χ0n) is 13.8. The van der Waals surface area contributed by atoms with Crippen molar-refractivity contribution < 1.29 is 13.9 Å². The van der Waals surface area contributed by atoms with Crippen LogP contribution in [-0.4, -0.2) is 31.0 Å². The third-order valence-electron chi connectivity index (χ3n) is 4.77. The van der Waals surface area contributed by atoms with E-state index in [1.54, 1.807) is 6.07 Å². The summed E-state index contributed by atoms with van der Waals surface area (Å²) in [6, 6.07) is 5.25. The number of aryl methyl sites for hydroxylation is 1. The Morgan fingerprint density at radius 2 is 2.00 bits per heavy atom. The SMILES string of the molecule is COc1ccc(CCC(=O)N(C)C2CCC(C)CC2)cc1F. The highest BCUT2D eigenvalue weighted by molar-refractivity contribution is 5.76. The lowest BCUT2D eigenvalue weighted by molar-refractivity contribution is -0.132. The molecule has 0 spiro atoms. The van der Waals surface area contributed by atoms with Gasteiger partial charge in [0.15, 0.2) is 11.6 Å². The van der Waals surface area contributed by atoms with Crippen molar-refractivity contribution >= 4 is 5.91 Å². The normalized spacial score (nSPS) is 21.5. The van der Waals surface area contributed by atoms with Crippen molar-refractivity contribution in [3.05, 3.63) is 29.6 Å². The minimum Gasteiger partial charge on any atom is -0.494 e. The number of amides is 1. The molecule has 1 aromatic rings. The van der Waals surface area contributed by atoms with Crippen molar-refractivity contribution in [2.75, 3.05) is 14.2 Å². The maximum atomic E-state index is 13.6. The highest BCUT2D eigenvalue weighted by Crippen LogP contribution is 2.27. The number of hydrogen-bond donors (Lipinski definition) is 0. The molecule has 0 bridgehead atoms. The van der Waals surface area contributed by atoms with Crippen LogP contribution in [0.25, 0.3) is 0 Å². The largest absolute Gasteiger partial charge is 0.494 e. The molecule has 1 saturated carbocycles. The second-order valence-electron chi connectivity index (χ2n) is 6.39. The van der Waals surface area contributed by atoms with E-state index in [1.807, 2.05) is 18.0 Å². The monoisotopic (exact) mass is 307 g/mol. The lowest BCUT2D eigenvalue weighted by Gasteiger charge is -2.33. The van der Waals surface area contributed by atoms with E-state index in [2.05, 4.69) is 6.92 Å². The van der Waals surface area contributed by atoms with E-state index in [-0.39, 0.29) is 17.5 Å². The topological polar surface area (TPSA) is 29.5 Å².